The predicted octanol–water partition coefficient (Wildman–Crippen LogP) is 0.726. The Hall–Kier alpha value is -1.20. The molecule has 18 heavy (non-hydrogen) atoms. The normalized spacial score (nSPS) is 19.8. The van der Waals surface area contributed by atoms with Crippen molar-refractivity contribution in [3.63, 3.8) is 0 Å². The summed E-state index contributed by atoms with van der Waals surface area (Å²) in [6.45, 7) is 5.97. The highest BCUT2D eigenvalue weighted by atomic mass is 15.3. The zero-order valence-corrected chi connectivity index (χ0v) is 11.6. The summed E-state index contributed by atoms with van der Waals surface area (Å²) in [6, 6.07) is 0.629. The summed E-state index contributed by atoms with van der Waals surface area (Å²) in [6.07, 6.45) is 4.91. The highest BCUT2D eigenvalue weighted by Crippen LogP contribution is 2.19. The smallest absolute Gasteiger partial charge is 0.147 e. The standard InChI is InChI=1S/C13H23N5/c1-4-14-7-11-8-15-9-13(16-11)18-6-5-12(10-18)17(2)3/h8-9,12,14H,4-7,10H2,1-3H3. The van der Waals surface area contributed by atoms with Crippen LogP contribution < -0.4 is 10.2 Å². The topological polar surface area (TPSA) is 44.3 Å². The first-order valence-electron chi connectivity index (χ1n) is 6.63. The number of anilines is 1. The molecule has 1 aliphatic rings. The molecule has 1 fully saturated rings. The van der Waals surface area contributed by atoms with Gasteiger partial charge in [0.1, 0.15) is 5.82 Å². The van der Waals surface area contributed by atoms with Crippen LogP contribution in [0.3, 0.4) is 0 Å². The highest BCUT2D eigenvalue weighted by molar-refractivity contribution is 5.38. The van der Waals surface area contributed by atoms with Crippen molar-refractivity contribution < 1.29 is 0 Å². The monoisotopic (exact) mass is 249 g/mol. The molecule has 0 bridgehead atoms. The van der Waals surface area contributed by atoms with Gasteiger partial charge >= 0.3 is 0 Å². The summed E-state index contributed by atoms with van der Waals surface area (Å²) < 4.78 is 0. The van der Waals surface area contributed by atoms with E-state index in [4.69, 9.17) is 0 Å². The van der Waals surface area contributed by atoms with Crippen LogP contribution in [0.5, 0.6) is 0 Å². The first-order chi connectivity index (χ1) is 8.70. The van der Waals surface area contributed by atoms with Gasteiger partial charge in [-0.05, 0) is 27.1 Å². The van der Waals surface area contributed by atoms with E-state index in [9.17, 15) is 0 Å². The molecule has 100 valence electrons. The highest BCUT2D eigenvalue weighted by Gasteiger charge is 2.24. The Bertz CT molecular complexity index is 379. The minimum atomic E-state index is 0.629. The number of hydrogen-bond acceptors (Lipinski definition) is 5. The van der Waals surface area contributed by atoms with Gasteiger partial charge in [-0.25, -0.2) is 4.98 Å². The van der Waals surface area contributed by atoms with Gasteiger partial charge in [0.15, 0.2) is 0 Å². The van der Waals surface area contributed by atoms with Gasteiger partial charge in [0, 0.05) is 31.9 Å². The van der Waals surface area contributed by atoms with E-state index in [1.165, 1.54) is 6.42 Å². The van der Waals surface area contributed by atoms with Crippen LogP contribution in [0.4, 0.5) is 5.82 Å². The quantitative estimate of drug-likeness (QED) is 0.833. The summed E-state index contributed by atoms with van der Waals surface area (Å²) in [5.41, 5.74) is 1.02. The summed E-state index contributed by atoms with van der Waals surface area (Å²) >= 11 is 0. The van der Waals surface area contributed by atoms with E-state index in [-0.39, 0.29) is 0 Å². The number of aromatic nitrogens is 2. The van der Waals surface area contributed by atoms with Crippen LogP contribution >= 0.6 is 0 Å². The molecule has 5 heteroatoms. The number of nitrogens with one attached hydrogen (secondary N) is 1. The van der Waals surface area contributed by atoms with Gasteiger partial charge in [-0.3, -0.25) is 4.98 Å². The number of likely N-dealkylation sites (N-methyl/N-ethyl adjacent to an activating group) is 1. The van der Waals surface area contributed by atoms with Crippen molar-refractivity contribution in [2.45, 2.75) is 25.9 Å². The van der Waals surface area contributed by atoms with Crippen molar-refractivity contribution in [2.75, 3.05) is 38.6 Å². The molecule has 1 aromatic heterocycles. The lowest BCUT2D eigenvalue weighted by Gasteiger charge is -2.21. The van der Waals surface area contributed by atoms with Crippen LogP contribution in [0.15, 0.2) is 12.4 Å². The fourth-order valence-corrected chi connectivity index (χ4v) is 2.26. The van der Waals surface area contributed by atoms with E-state index >= 15 is 0 Å². The Kier molecular flexibility index (Phi) is 4.49. The van der Waals surface area contributed by atoms with Crippen molar-refractivity contribution in [3.05, 3.63) is 18.1 Å². The van der Waals surface area contributed by atoms with Crippen molar-refractivity contribution in [1.29, 1.82) is 0 Å². The Morgan fingerprint density at radius 2 is 2.28 bits per heavy atom. The maximum Gasteiger partial charge on any atom is 0.147 e. The molecule has 5 nitrogen and oxygen atoms in total. The Morgan fingerprint density at radius 3 is 2.94 bits per heavy atom. The molecule has 2 rings (SSSR count). The fraction of sp³-hybridized carbons (Fsp3) is 0.692. The van der Waals surface area contributed by atoms with Crippen molar-refractivity contribution >= 4 is 5.82 Å². The average molecular weight is 249 g/mol. The molecule has 0 spiro atoms. The lowest BCUT2D eigenvalue weighted by atomic mass is 10.2. The summed E-state index contributed by atoms with van der Waals surface area (Å²) in [5.74, 6) is 1.01. The molecule has 0 aliphatic carbocycles. The van der Waals surface area contributed by atoms with Crippen LogP contribution in [0.1, 0.15) is 19.0 Å². The maximum atomic E-state index is 4.67. The third-order valence-electron chi connectivity index (χ3n) is 3.45. The zero-order valence-electron chi connectivity index (χ0n) is 11.6. The Balaban J connectivity index is 2.01. The first-order valence-corrected chi connectivity index (χ1v) is 6.63. The second-order valence-electron chi connectivity index (χ2n) is 5.00. The van der Waals surface area contributed by atoms with Gasteiger partial charge in [0.05, 0.1) is 11.9 Å². The van der Waals surface area contributed by atoms with E-state index in [1.807, 2.05) is 12.4 Å². The molecule has 1 atom stereocenters. The molecular weight excluding hydrogens is 226 g/mol. The molecule has 0 saturated carbocycles. The molecule has 0 aromatic carbocycles. The van der Waals surface area contributed by atoms with E-state index in [0.29, 0.717) is 6.04 Å². The third-order valence-corrected chi connectivity index (χ3v) is 3.45. The van der Waals surface area contributed by atoms with Gasteiger partial charge < -0.3 is 15.1 Å². The minimum Gasteiger partial charge on any atom is -0.354 e. The fourth-order valence-electron chi connectivity index (χ4n) is 2.26. The molecular formula is C13H23N5. The lowest BCUT2D eigenvalue weighted by molar-refractivity contribution is 0.315. The molecule has 1 aliphatic heterocycles. The lowest BCUT2D eigenvalue weighted by Crippen LogP contribution is -2.31. The Labute approximate surface area is 109 Å². The number of nitrogens with zero attached hydrogens (tertiary/aromatic N) is 4. The summed E-state index contributed by atoms with van der Waals surface area (Å²) in [5, 5.41) is 3.28. The third kappa shape index (κ3) is 3.17. The van der Waals surface area contributed by atoms with E-state index in [2.05, 4.69) is 46.1 Å². The second-order valence-corrected chi connectivity index (χ2v) is 5.00. The predicted molar refractivity (Wildman–Crippen MR) is 73.7 cm³/mol. The maximum absolute atomic E-state index is 4.67. The van der Waals surface area contributed by atoms with Crippen LogP contribution in [-0.4, -0.2) is 54.6 Å². The second kappa shape index (κ2) is 6.11. The SMILES string of the molecule is CCNCc1cncc(N2CCC(N(C)C)C2)n1. The van der Waals surface area contributed by atoms with Gasteiger partial charge in [-0.15, -0.1) is 0 Å². The van der Waals surface area contributed by atoms with Crippen LogP contribution in [0.2, 0.25) is 0 Å². The van der Waals surface area contributed by atoms with Crippen LogP contribution in [0.25, 0.3) is 0 Å². The average Bonchev–Trinajstić information content (AvgIpc) is 2.86. The minimum absolute atomic E-state index is 0.629. The number of hydrogen-bond donors (Lipinski definition) is 1. The molecule has 1 aromatic rings. The van der Waals surface area contributed by atoms with Gasteiger partial charge in [-0.2, -0.15) is 0 Å². The largest absolute Gasteiger partial charge is 0.354 e. The van der Waals surface area contributed by atoms with Gasteiger partial charge in [0.2, 0.25) is 0 Å². The molecule has 0 radical (unpaired) electrons. The summed E-state index contributed by atoms with van der Waals surface area (Å²) in [4.78, 5) is 13.6. The molecule has 1 unspecified atom stereocenters. The molecule has 0 amide bonds. The van der Waals surface area contributed by atoms with Crippen molar-refractivity contribution in [2.24, 2.45) is 0 Å². The van der Waals surface area contributed by atoms with Crippen molar-refractivity contribution in [3.8, 4) is 0 Å². The van der Waals surface area contributed by atoms with Crippen LogP contribution in [0, 0.1) is 0 Å². The van der Waals surface area contributed by atoms with E-state index < -0.39 is 0 Å². The number of rotatable bonds is 5. The van der Waals surface area contributed by atoms with Crippen LogP contribution in [-0.2, 0) is 6.54 Å². The zero-order chi connectivity index (χ0) is 13.0. The molecule has 2 heterocycles. The van der Waals surface area contributed by atoms with Gasteiger partial charge in [0.25, 0.3) is 0 Å². The van der Waals surface area contributed by atoms with Gasteiger partial charge in [-0.1, -0.05) is 6.92 Å². The van der Waals surface area contributed by atoms with E-state index in [0.717, 1.165) is 37.7 Å². The first kappa shape index (κ1) is 13.2. The summed E-state index contributed by atoms with van der Waals surface area (Å²) in [7, 11) is 4.28. The molecule has 1 N–H and O–H groups in total. The molecule has 1 saturated heterocycles. The van der Waals surface area contributed by atoms with Crippen molar-refractivity contribution in [1.82, 2.24) is 20.2 Å². The Morgan fingerprint density at radius 1 is 1.44 bits per heavy atom. The van der Waals surface area contributed by atoms with E-state index in [1.54, 1.807) is 0 Å².